The first-order valence-corrected chi connectivity index (χ1v) is 6.98. The van der Waals surface area contributed by atoms with Gasteiger partial charge in [-0.25, -0.2) is 0 Å². The normalized spacial score (nSPS) is 23.6. The molecule has 0 amide bonds. The molecule has 0 N–H and O–H groups in total. The fraction of sp³-hybridized carbons (Fsp3) is 0.471. The van der Waals surface area contributed by atoms with E-state index in [1.165, 1.54) is 25.7 Å². The number of hydrogen-bond donors (Lipinski definition) is 0. The summed E-state index contributed by atoms with van der Waals surface area (Å²) in [7, 11) is 0. The molecule has 0 bridgehead atoms. The van der Waals surface area contributed by atoms with Gasteiger partial charge in [-0.2, -0.15) is 0 Å². The van der Waals surface area contributed by atoms with Crippen LogP contribution in [0.5, 0.6) is 0 Å². The van der Waals surface area contributed by atoms with Crippen molar-refractivity contribution < 1.29 is 4.79 Å². The molecule has 0 aromatic heterocycles. The Kier molecular flexibility index (Phi) is 4.74. The van der Waals surface area contributed by atoms with Crippen molar-refractivity contribution in [3.8, 4) is 0 Å². The lowest BCUT2D eigenvalue weighted by Crippen LogP contribution is -2.17. The van der Waals surface area contributed by atoms with E-state index >= 15 is 0 Å². The zero-order chi connectivity index (χ0) is 12.8. The predicted octanol–water partition coefficient (Wildman–Crippen LogP) is 4.64. The van der Waals surface area contributed by atoms with Crippen LogP contribution < -0.4 is 0 Å². The molecule has 0 radical (unpaired) electrons. The van der Waals surface area contributed by atoms with E-state index in [-0.39, 0.29) is 0 Å². The number of allylic oxidation sites excluding steroid dienone is 1. The summed E-state index contributed by atoms with van der Waals surface area (Å²) in [6.07, 6.45) is 8.83. The minimum atomic E-state index is 0.308. The van der Waals surface area contributed by atoms with Crippen LogP contribution in [0.25, 0.3) is 0 Å². The van der Waals surface area contributed by atoms with Crippen molar-refractivity contribution in [3.63, 3.8) is 0 Å². The third-order valence-corrected chi connectivity index (χ3v) is 4.04. The minimum Gasteiger partial charge on any atom is -0.294 e. The van der Waals surface area contributed by atoms with Crippen LogP contribution in [-0.4, -0.2) is 5.78 Å². The van der Waals surface area contributed by atoms with Crippen LogP contribution in [0.1, 0.15) is 48.9 Å². The summed E-state index contributed by atoms with van der Waals surface area (Å²) in [5.41, 5.74) is 0.866. The fourth-order valence-corrected chi connectivity index (χ4v) is 2.91. The van der Waals surface area contributed by atoms with Gasteiger partial charge >= 0.3 is 0 Å². The van der Waals surface area contributed by atoms with Gasteiger partial charge in [0.1, 0.15) is 0 Å². The van der Waals surface area contributed by atoms with E-state index < -0.39 is 0 Å². The number of hydrogen-bond acceptors (Lipinski definition) is 1. The summed E-state index contributed by atoms with van der Waals surface area (Å²) < 4.78 is 0. The van der Waals surface area contributed by atoms with E-state index in [4.69, 9.17) is 0 Å². The molecule has 0 heterocycles. The second kappa shape index (κ2) is 6.53. The molecular weight excluding hydrogens is 220 g/mol. The maximum atomic E-state index is 12.1. The molecule has 0 spiro atoms. The molecule has 0 aliphatic heterocycles. The molecule has 1 fully saturated rings. The highest BCUT2D eigenvalue weighted by Gasteiger charge is 2.22. The fourth-order valence-electron chi connectivity index (χ4n) is 2.91. The molecule has 1 heteroatoms. The van der Waals surface area contributed by atoms with E-state index in [1.54, 1.807) is 0 Å². The molecule has 1 nitrogen and oxygen atoms in total. The molecule has 0 atom stereocenters. The Bertz CT molecular complexity index is 385. The average molecular weight is 242 g/mol. The monoisotopic (exact) mass is 242 g/mol. The predicted molar refractivity (Wildman–Crippen MR) is 75.7 cm³/mol. The Morgan fingerprint density at radius 3 is 2.33 bits per heavy atom. The number of ketones is 1. The van der Waals surface area contributed by atoms with Crippen molar-refractivity contribution in [3.05, 3.63) is 48.6 Å². The Morgan fingerprint density at radius 1 is 1.11 bits per heavy atom. The van der Waals surface area contributed by atoms with Gasteiger partial charge < -0.3 is 0 Å². The van der Waals surface area contributed by atoms with Crippen LogP contribution >= 0.6 is 0 Å². The quantitative estimate of drug-likeness (QED) is 0.543. The van der Waals surface area contributed by atoms with Crippen molar-refractivity contribution >= 4 is 5.78 Å². The van der Waals surface area contributed by atoms with Crippen molar-refractivity contribution in [1.82, 2.24) is 0 Å². The summed E-state index contributed by atoms with van der Waals surface area (Å²) in [4.78, 5) is 12.1. The van der Waals surface area contributed by atoms with E-state index in [0.29, 0.717) is 11.7 Å². The average Bonchev–Trinajstić information content (AvgIpc) is 2.42. The Labute approximate surface area is 110 Å². The van der Waals surface area contributed by atoms with Gasteiger partial charge in [-0.15, -0.1) is 6.58 Å². The van der Waals surface area contributed by atoms with E-state index in [9.17, 15) is 4.79 Å². The number of rotatable bonds is 5. The maximum Gasteiger partial charge on any atom is 0.163 e. The number of carbonyl (C=O) groups is 1. The number of benzene rings is 1. The summed E-state index contributed by atoms with van der Waals surface area (Å²) in [5.74, 6) is 1.71. The highest BCUT2D eigenvalue weighted by atomic mass is 16.1. The summed E-state index contributed by atoms with van der Waals surface area (Å²) in [6, 6.07) is 9.68. The number of Topliss-reactive ketones (excluding diaryl/α,β-unsaturated/α-hetero) is 1. The van der Waals surface area contributed by atoms with Gasteiger partial charge in [0.2, 0.25) is 0 Å². The Balaban J connectivity index is 1.81. The van der Waals surface area contributed by atoms with Gasteiger partial charge in [-0.05, 0) is 43.9 Å². The lowest BCUT2D eigenvalue weighted by molar-refractivity contribution is 0.0943. The SMILES string of the molecule is C=CC[C@H]1CC[C@H](CC(=O)c2ccccc2)CC1. The molecule has 0 unspecified atom stereocenters. The maximum absolute atomic E-state index is 12.1. The van der Waals surface area contributed by atoms with Crippen LogP contribution in [0, 0.1) is 11.8 Å². The lowest BCUT2D eigenvalue weighted by Gasteiger charge is -2.27. The molecule has 1 aromatic rings. The van der Waals surface area contributed by atoms with Crippen molar-refractivity contribution in [2.75, 3.05) is 0 Å². The third-order valence-electron chi connectivity index (χ3n) is 4.04. The smallest absolute Gasteiger partial charge is 0.163 e. The van der Waals surface area contributed by atoms with Crippen LogP contribution in [0.4, 0.5) is 0 Å². The summed E-state index contributed by atoms with van der Waals surface area (Å²) in [5, 5.41) is 0. The molecule has 1 aliphatic rings. The van der Waals surface area contributed by atoms with Crippen LogP contribution in [0.3, 0.4) is 0 Å². The van der Waals surface area contributed by atoms with Gasteiger partial charge in [0.25, 0.3) is 0 Å². The van der Waals surface area contributed by atoms with Gasteiger partial charge in [0.15, 0.2) is 5.78 Å². The number of carbonyl (C=O) groups excluding carboxylic acids is 1. The van der Waals surface area contributed by atoms with E-state index in [2.05, 4.69) is 6.58 Å². The largest absolute Gasteiger partial charge is 0.294 e. The molecule has 1 aromatic carbocycles. The van der Waals surface area contributed by atoms with Crippen LogP contribution in [-0.2, 0) is 0 Å². The van der Waals surface area contributed by atoms with Crippen molar-refractivity contribution in [2.24, 2.45) is 11.8 Å². The molecule has 1 aliphatic carbocycles. The molecule has 0 saturated heterocycles. The standard InChI is InChI=1S/C17H22O/c1-2-6-14-9-11-15(12-10-14)13-17(18)16-7-4-3-5-8-16/h2-5,7-8,14-15H,1,6,9-13H2/t14-,15-. The summed E-state index contributed by atoms with van der Waals surface area (Å²) in [6.45, 7) is 3.81. The van der Waals surface area contributed by atoms with Crippen LogP contribution in [0.15, 0.2) is 43.0 Å². The van der Waals surface area contributed by atoms with Gasteiger partial charge in [0, 0.05) is 12.0 Å². The first-order valence-electron chi connectivity index (χ1n) is 6.98. The highest BCUT2D eigenvalue weighted by molar-refractivity contribution is 5.96. The van der Waals surface area contributed by atoms with Crippen molar-refractivity contribution in [2.45, 2.75) is 38.5 Å². The molecule has 2 rings (SSSR count). The zero-order valence-corrected chi connectivity index (χ0v) is 11.0. The topological polar surface area (TPSA) is 17.1 Å². The van der Waals surface area contributed by atoms with Crippen LogP contribution in [0.2, 0.25) is 0 Å². The van der Waals surface area contributed by atoms with Gasteiger partial charge in [-0.1, -0.05) is 36.4 Å². The van der Waals surface area contributed by atoms with Gasteiger partial charge in [-0.3, -0.25) is 4.79 Å². The first-order chi connectivity index (χ1) is 8.79. The summed E-state index contributed by atoms with van der Waals surface area (Å²) >= 11 is 0. The Morgan fingerprint density at radius 2 is 1.72 bits per heavy atom. The highest BCUT2D eigenvalue weighted by Crippen LogP contribution is 2.33. The van der Waals surface area contributed by atoms with E-state index in [1.807, 2.05) is 36.4 Å². The molecular formula is C17H22O. The Hall–Kier alpha value is -1.37. The molecule has 1 saturated carbocycles. The second-order valence-corrected chi connectivity index (χ2v) is 5.40. The second-order valence-electron chi connectivity index (χ2n) is 5.40. The first kappa shape index (κ1) is 13.1. The van der Waals surface area contributed by atoms with E-state index in [0.717, 1.165) is 24.3 Å². The minimum absolute atomic E-state index is 0.308. The third kappa shape index (κ3) is 3.56. The van der Waals surface area contributed by atoms with Crippen molar-refractivity contribution in [1.29, 1.82) is 0 Å². The zero-order valence-electron chi connectivity index (χ0n) is 11.0. The molecule has 96 valence electrons. The molecule has 18 heavy (non-hydrogen) atoms. The van der Waals surface area contributed by atoms with Gasteiger partial charge in [0.05, 0.1) is 0 Å². The lowest BCUT2D eigenvalue weighted by atomic mass is 9.78.